The first-order chi connectivity index (χ1) is 22.8. The van der Waals surface area contributed by atoms with E-state index >= 15 is 0 Å². The molecule has 0 fully saturated rings. The van der Waals surface area contributed by atoms with Crippen LogP contribution in [0.25, 0.3) is 56.0 Å². The van der Waals surface area contributed by atoms with Crippen LogP contribution in [0.3, 0.4) is 0 Å². The van der Waals surface area contributed by atoms with E-state index in [1.807, 2.05) is 0 Å². The lowest BCUT2D eigenvalue weighted by atomic mass is 9.60. The molecule has 0 spiro atoms. The molecule has 232 valence electrons. The van der Waals surface area contributed by atoms with E-state index in [1.54, 1.807) is 11.1 Å². The van der Waals surface area contributed by atoms with Crippen LogP contribution in [0.15, 0.2) is 132 Å². The van der Waals surface area contributed by atoms with Gasteiger partial charge in [0, 0.05) is 11.8 Å². The molecule has 0 nitrogen and oxygen atoms in total. The van der Waals surface area contributed by atoms with Crippen molar-refractivity contribution in [1.29, 1.82) is 0 Å². The minimum atomic E-state index is -0.0581. The molecule has 0 amide bonds. The SMILES string of the molecule is CC(C)C1=Cc2c(-c3cccc4ccccc34)cccc2C1C(C)(C)C1C(C(C)C)=Cc2c(-c3cccc4ccccc34)cccc21. The van der Waals surface area contributed by atoms with E-state index in [0.717, 1.165) is 0 Å². The summed E-state index contributed by atoms with van der Waals surface area (Å²) >= 11 is 0. The second kappa shape index (κ2) is 11.2. The van der Waals surface area contributed by atoms with E-state index in [-0.39, 0.29) is 5.41 Å². The molecule has 0 heteroatoms. The first-order valence-electron chi connectivity index (χ1n) is 17.4. The highest BCUT2D eigenvalue weighted by Crippen LogP contribution is 2.62. The lowest BCUT2D eigenvalue weighted by Gasteiger charge is -2.43. The summed E-state index contributed by atoms with van der Waals surface area (Å²) in [5.41, 5.74) is 14.2. The van der Waals surface area contributed by atoms with E-state index in [2.05, 4.69) is 175 Å². The third-order valence-corrected chi connectivity index (χ3v) is 11.2. The monoisotopic (exact) mass is 608 g/mol. The standard InChI is InChI=1S/C47H44/c1-29(2)41-27-43-37(35-21-11-17-31-15-7-9-19-33(31)35)23-13-25-39(43)45(41)47(5,6)46-40-26-14-24-38(44(40)28-42(46)30(3)4)36-22-12-18-32-16-8-10-20-34(32)36/h7-30,45-46H,1-6H3. The molecule has 0 aromatic heterocycles. The Morgan fingerprint density at radius 1 is 0.426 bits per heavy atom. The van der Waals surface area contributed by atoms with Crippen molar-refractivity contribution >= 4 is 33.7 Å². The van der Waals surface area contributed by atoms with Gasteiger partial charge in [0.15, 0.2) is 0 Å². The highest BCUT2D eigenvalue weighted by atomic mass is 14.5. The van der Waals surface area contributed by atoms with Gasteiger partial charge in [0.25, 0.3) is 0 Å². The van der Waals surface area contributed by atoms with Gasteiger partial charge in [-0.15, -0.1) is 0 Å². The van der Waals surface area contributed by atoms with Gasteiger partial charge in [-0.3, -0.25) is 0 Å². The van der Waals surface area contributed by atoms with Crippen molar-refractivity contribution in [2.45, 2.75) is 53.4 Å². The molecule has 0 saturated heterocycles. The Hall–Kier alpha value is -4.68. The van der Waals surface area contributed by atoms with Gasteiger partial charge in [0.2, 0.25) is 0 Å². The van der Waals surface area contributed by atoms with Crippen LogP contribution in [-0.2, 0) is 0 Å². The first-order valence-corrected chi connectivity index (χ1v) is 17.4. The van der Waals surface area contributed by atoms with Gasteiger partial charge >= 0.3 is 0 Å². The minimum Gasteiger partial charge on any atom is -0.0616 e. The molecule has 0 heterocycles. The van der Waals surface area contributed by atoms with Crippen LogP contribution in [0, 0.1) is 17.3 Å². The summed E-state index contributed by atoms with van der Waals surface area (Å²) < 4.78 is 0. The second-order valence-corrected chi connectivity index (χ2v) is 15.0. The topological polar surface area (TPSA) is 0 Å². The summed E-state index contributed by atoms with van der Waals surface area (Å²) in [6.45, 7) is 14.7. The third-order valence-electron chi connectivity index (χ3n) is 11.2. The first kappa shape index (κ1) is 29.7. The molecule has 2 unspecified atom stereocenters. The van der Waals surface area contributed by atoms with Gasteiger partial charge in [0.1, 0.15) is 0 Å². The van der Waals surface area contributed by atoms with Crippen LogP contribution in [0.1, 0.15) is 75.6 Å². The molecule has 6 aromatic carbocycles. The van der Waals surface area contributed by atoms with Crippen LogP contribution >= 0.6 is 0 Å². The highest BCUT2D eigenvalue weighted by Gasteiger charge is 2.48. The van der Waals surface area contributed by atoms with Gasteiger partial charge in [-0.2, -0.15) is 0 Å². The van der Waals surface area contributed by atoms with Crippen molar-refractivity contribution in [3.8, 4) is 22.3 Å². The molecule has 8 rings (SSSR count). The van der Waals surface area contributed by atoms with Gasteiger partial charge in [-0.25, -0.2) is 0 Å². The van der Waals surface area contributed by atoms with Crippen molar-refractivity contribution in [2.24, 2.45) is 17.3 Å². The molecular weight excluding hydrogens is 565 g/mol. The molecule has 47 heavy (non-hydrogen) atoms. The Morgan fingerprint density at radius 2 is 0.787 bits per heavy atom. The van der Waals surface area contributed by atoms with Crippen molar-refractivity contribution < 1.29 is 0 Å². The third kappa shape index (κ3) is 4.64. The zero-order valence-corrected chi connectivity index (χ0v) is 28.5. The van der Waals surface area contributed by atoms with E-state index in [0.29, 0.717) is 23.7 Å². The average Bonchev–Trinajstić information content (AvgIpc) is 3.69. The summed E-state index contributed by atoms with van der Waals surface area (Å²) in [5.74, 6) is 1.52. The van der Waals surface area contributed by atoms with Crippen molar-refractivity contribution in [2.75, 3.05) is 0 Å². The lowest BCUT2D eigenvalue weighted by Crippen LogP contribution is -2.32. The number of hydrogen-bond acceptors (Lipinski definition) is 0. The molecule has 0 saturated carbocycles. The molecule has 0 bridgehead atoms. The predicted octanol–water partition coefficient (Wildman–Crippen LogP) is 13.3. The lowest BCUT2D eigenvalue weighted by molar-refractivity contribution is 0.258. The summed E-state index contributed by atoms with van der Waals surface area (Å²) in [4.78, 5) is 0. The number of hydrogen-bond donors (Lipinski definition) is 0. The van der Waals surface area contributed by atoms with E-state index < -0.39 is 0 Å². The predicted molar refractivity (Wildman–Crippen MR) is 204 cm³/mol. The Balaban J connectivity index is 1.30. The number of benzene rings is 6. The van der Waals surface area contributed by atoms with Crippen molar-refractivity contribution in [3.05, 3.63) is 155 Å². The van der Waals surface area contributed by atoms with Crippen LogP contribution < -0.4 is 0 Å². The average molecular weight is 609 g/mol. The Kier molecular flexibility index (Phi) is 7.10. The van der Waals surface area contributed by atoms with Crippen LogP contribution in [0.2, 0.25) is 0 Å². The zero-order valence-electron chi connectivity index (χ0n) is 28.5. The molecule has 2 atom stereocenters. The molecule has 2 aliphatic rings. The summed E-state index contributed by atoms with van der Waals surface area (Å²) in [6.07, 6.45) is 5.12. The van der Waals surface area contributed by atoms with Gasteiger partial charge < -0.3 is 0 Å². The summed E-state index contributed by atoms with van der Waals surface area (Å²) in [7, 11) is 0. The van der Waals surface area contributed by atoms with E-state index in [1.165, 1.54) is 66.1 Å². The summed E-state index contributed by atoms with van der Waals surface area (Å²) in [6, 6.07) is 45.2. The molecule has 0 aliphatic heterocycles. The Bertz CT molecular complexity index is 2070. The largest absolute Gasteiger partial charge is 0.0616 e. The number of fused-ring (bicyclic) bond motifs is 4. The quantitative estimate of drug-likeness (QED) is 0.176. The fourth-order valence-corrected chi connectivity index (χ4v) is 9.07. The van der Waals surface area contributed by atoms with Crippen molar-refractivity contribution in [3.63, 3.8) is 0 Å². The molecule has 2 aliphatic carbocycles. The van der Waals surface area contributed by atoms with Gasteiger partial charge in [-0.1, -0.05) is 186 Å². The molecule has 0 radical (unpaired) electrons. The fraction of sp³-hybridized carbons (Fsp3) is 0.234. The van der Waals surface area contributed by atoms with E-state index in [4.69, 9.17) is 0 Å². The van der Waals surface area contributed by atoms with Gasteiger partial charge in [0.05, 0.1) is 0 Å². The maximum absolute atomic E-state index is 2.56. The maximum Gasteiger partial charge on any atom is 0.0120 e. The Labute approximate surface area is 280 Å². The smallest absolute Gasteiger partial charge is 0.0120 e. The van der Waals surface area contributed by atoms with Crippen LogP contribution in [-0.4, -0.2) is 0 Å². The fourth-order valence-electron chi connectivity index (χ4n) is 9.07. The highest BCUT2D eigenvalue weighted by molar-refractivity contribution is 6.01. The minimum absolute atomic E-state index is 0.0581. The maximum atomic E-state index is 2.56. The molecule has 6 aromatic rings. The summed E-state index contributed by atoms with van der Waals surface area (Å²) in [5, 5.41) is 5.23. The normalized spacial score (nSPS) is 17.4. The number of rotatable bonds is 6. The molecule has 0 N–H and O–H groups in total. The Morgan fingerprint density at radius 3 is 1.21 bits per heavy atom. The van der Waals surface area contributed by atoms with Crippen LogP contribution in [0.5, 0.6) is 0 Å². The van der Waals surface area contributed by atoms with E-state index in [9.17, 15) is 0 Å². The van der Waals surface area contributed by atoms with Crippen LogP contribution in [0.4, 0.5) is 0 Å². The number of allylic oxidation sites excluding steroid dienone is 2. The zero-order chi connectivity index (χ0) is 32.4. The molecular formula is C47H44. The second-order valence-electron chi connectivity index (χ2n) is 15.0. The van der Waals surface area contributed by atoms with Gasteiger partial charge in [-0.05, 0) is 83.3 Å². The van der Waals surface area contributed by atoms with Crippen molar-refractivity contribution in [1.82, 2.24) is 0 Å².